The van der Waals surface area contributed by atoms with Crippen molar-refractivity contribution in [1.29, 1.82) is 0 Å². The fourth-order valence-corrected chi connectivity index (χ4v) is 8.25. The van der Waals surface area contributed by atoms with Crippen molar-refractivity contribution in [2.24, 2.45) is 11.8 Å². The molecule has 9 nitrogen and oxygen atoms in total. The highest BCUT2D eigenvalue weighted by molar-refractivity contribution is 5.87. The number of fused-ring (bicyclic) bond motifs is 1. The van der Waals surface area contributed by atoms with Gasteiger partial charge in [0.1, 0.15) is 5.75 Å². The van der Waals surface area contributed by atoms with E-state index in [1.54, 1.807) is 12.1 Å². The first-order chi connectivity index (χ1) is 25.8. The van der Waals surface area contributed by atoms with E-state index in [9.17, 15) is 24.9 Å². The van der Waals surface area contributed by atoms with Crippen LogP contribution in [-0.4, -0.2) is 64.0 Å². The number of ether oxygens (including phenoxy) is 1. The molecule has 4 aromatic rings. The Labute approximate surface area is 313 Å². The second-order valence-corrected chi connectivity index (χ2v) is 15.3. The number of hydrogen-bond acceptors (Lipinski definition) is 8. The van der Waals surface area contributed by atoms with E-state index in [2.05, 4.69) is 39.5 Å². The smallest absolute Gasteiger partial charge is 0.343 e. The molecule has 1 saturated heterocycles. The zero-order valence-electron chi connectivity index (χ0n) is 31.0. The van der Waals surface area contributed by atoms with Crippen LogP contribution in [0, 0.1) is 11.8 Å². The maximum atomic E-state index is 13.5. The first-order valence-corrected chi connectivity index (χ1v) is 19.8. The molecule has 2 heterocycles. The van der Waals surface area contributed by atoms with E-state index in [0.717, 1.165) is 103 Å². The number of phenols is 1. The average molecular weight is 724 g/mol. The van der Waals surface area contributed by atoms with E-state index in [1.165, 1.54) is 23.3 Å². The Morgan fingerprint density at radius 1 is 0.868 bits per heavy atom. The van der Waals surface area contributed by atoms with Crippen molar-refractivity contribution in [1.82, 2.24) is 15.2 Å². The van der Waals surface area contributed by atoms with Gasteiger partial charge in [-0.3, -0.25) is 9.69 Å². The molecule has 1 aliphatic carbocycles. The van der Waals surface area contributed by atoms with Gasteiger partial charge in [0.15, 0.2) is 5.60 Å². The highest BCUT2D eigenvalue weighted by atomic mass is 16.5. The first-order valence-electron chi connectivity index (χ1n) is 19.8. The SMILES string of the molecule is O=C(OCC1CCN(Cc2ccc(CCCCCCNC[C@H](O)c3ccc(O)c4[nH]c(=O)ccc34)cc2)CC1)C(O)(c1ccccc1)C1CCCCC1. The fraction of sp³-hybridized carbons (Fsp3) is 0.500. The number of carbonyl (C=O) groups is 1. The van der Waals surface area contributed by atoms with Crippen molar-refractivity contribution in [3.63, 3.8) is 0 Å². The topological polar surface area (TPSA) is 135 Å². The predicted molar refractivity (Wildman–Crippen MR) is 209 cm³/mol. The van der Waals surface area contributed by atoms with Crippen LogP contribution in [-0.2, 0) is 28.1 Å². The van der Waals surface area contributed by atoms with Crippen molar-refractivity contribution < 1.29 is 24.9 Å². The van der Waals surface area contributed by atoms with Crippen LogP contribution in [0.1, 0.15) is 99.0 Å². The van der Waals surface area contributed by atoms with Gasteiger partial charge in [0.25, 0.3) is 0 Å². The first kappa shape index (κ1) is 38.7. The van der Waals surface area contributed by atoms with Crippen molar-refractivity contribution >= 4 is 16.9 Å². The number of aromatic hydroxyl groups is 1. The molecule has 2 aliphatic rings. The molecule has 0 spiro atoms. The van der Waals surface area contributed by atoms with Crippen LogP contribution >= 0.6 is 0 Å². The van der Waals surface area contributed by atoms with Gasteiger partial charge in [0.05, 0.1) is 18.2 Å². The lowest BCUT2D eigenvalue weighted by molar-refractivity contribution is -0.177. The molecule has 2 atom stereocenters. The maximum Gasteiger partial charge on any atom is 0.343 e. The maximum absolute atomic E-state index is 13.5. The Bertz CT molecular complexity index is 1800. The number of esters is 1. The number of aryl methyl sites for hydroxylation is 1. The van der Waals surface area contributed by atoms with Gasteiger partial charge in [-0.05, 0) is 105 Å². The van der Waals surface area contributed by atoms with Crippen LogP contribution in [0.3, 0.4) is 0 Å². The summed E-state index contributed by atoms with van der Waals surface area (Å²) in [5, 5.41) is 36.6. The molecule has 0 amide bonds. The predicted octanol–water partition coefficient (Wildman–Crippen LogP) is 6.88. The summed E-state index contributed by atoms with van der Waals surface area (Å²) in [4.78, 5) is 30.3. The molecule has 284 valence electrons. The zero-order chi connectivity index (χ0) is 37.0. The Kier molecular flexibility index (Phi) is 13.8. The molecule has 1 unspecified atom stereocenters. The van der Waals surface area contributed by atoms with E-state index >= 15 is 0 Å². The van der Waals surface area contributed by atoms with Crippen LogP contribution in [0.2, 0.25) is 0 Å². The molecular weight excluding hydrogens is 666 g/mol. The number of piperidine rings is 1. The van der Waals surface area contributed by atoms with E-state index in [1.807, 2.05) is 30.3 Å². The Morgan fingerprint density at radius 3 is 2.34 bits per heavy atom. The quantitative estimate of drug-likeness (QED) is 0.0588. The summed E-state index contributed by atoms with van der Waals surface area (Å²) in [5.74, 6) is -0.276. The summed E-state index contributed by atoms with van der Waals surface area (Å²) in [6.07, 6.45) is 11.7. The Balaban J connectivity index is 0.843. The number of aliphatic hydroxyl groups is 2. The zero-order valence-corrected chi connectivity index (χ0v) is 31.0. The fourth-order valence-electron chi connectivity index (χ4n) is 8.25. The van der Waals surface area contributed by atoms with Gasteiger partial charge in [-0.25, -0.2) is 4.79 Å². The van der Waals surface area contributed by atoms with E-state index < -0.39 is 17.7 Å². The number of aliphatic hydroxyl groups excluding tert-OH is 1. The number of H-pyrrole nitrogens is 1. The summed E-state index contributed by atoms with van der Waals surface area (Å²) < 4.78 is 5.89. The molecule has 6 rings (SSSR count). The van der Waals surface area contributed by atoms with Crippen LogP contribution in [0.15, 0.2) is 83.7 Å². The number of aromatic amines is 1. The lowest BCUT2D eigenvalue weighted by atomic mass is 9.73. The third-order valence-electron chi connectivity index (χ3n) is 11.5. The van der Waals surface area contributed by atoms with Gasteiger partial charge in [-0.1, -0.05) is 92.8 Å². The molecule has 53 heavy (non-hydrogen) atoms. The monoisotopic (exact) mass is 723 g/mol. The molecule has 1 saturated carbocycles. The van der Waals surface area contributed by atoms with Gasteiger partial charge >= 0.3 is 5.97 Å². The molecule has 2 fully saturated rings. The number of phenolic OH excluding ortho intramolecular Hbond substituents is 1. The molecule has 1 aromatic heterocycles. The number of likely N-dealkylation sites (tertiary alicyclic amines) is 1. The van der Waals surface area contributed by atoms with E-state index in [4.69, 9.17) is 4.74 Å². The minimum atomic E-state index is -1.57. The van der Waals surface area contributed by atoms with Crippen LogP contribution in [0.5, 0.6) is 5.75 Å². The van der Waals surface area contributed by atoms with Crippen LogP contribution in [0.4, 0.5) is 0 Å². The lowest BCUT2D eigenvalue weighted by Gasteiger charge is -2.37. The van der Waals surface area contributed by atoms with Gasteiger partial charge in [-0.2, -0.15) is 0 Å². The lowest BCUT2D eigenvalue weighted by Crippen LogP contribution is -2.46. The minimum Gasteiger partial charge on any atom is -0.506 e. The second kappa shape index (κ2) is 18.8. The largest absolute Gasteiger partial charge is 0.506 e. The number of hydrogen-bond donors (Lipinski definition) is 5. The third-order valence-corrected chi connectivity index (χ3v) is 11.5. The molecule has 9 heteroatoms. The van der Waals surface area contributed by atoms with E-state index in [0.29, 0.717) is 41.1 Å². The van der Waals surface area contributed by atoms with Gasteiger partial charge in [-0.15, -0.1) is 0 Å². The summed E-state index contributed by atoms with van der Waals surface area (Å²) in [7, 11) is 0. The van der Waals surface area contributed by atoms with Gasteiger partial charge < -0.3 is 30.4 Å². The summed E-state index contributed by atoms with van der Waals surface area (Å²) in [6, 6.07) is 24.7. The highest BCUT2D eigenvalue weighted by Crippen LogP contribution is 2.40. The number of pyridine rings is 1. The Hall–Kier alpha value is -4.02. The van der Waals surface area contributed by atoms with Gasteiger partial charge in [0.2, 0.25) is 5.56 Å². The minimum absolute atomic E-state index is 0.00703. The van der Waals surface area contributed by atoms with Crippen molar-refractivity contribution in [3.05, 3.63) is 111 Å². The standard InChI is InChI=1S/C44H57N3O6/c48-39-22-20-37(38-21-23-41(50)46-42(38)39)40(49)29-45-26-10-2-1-5-11-32-16-18-33(19-17-32)30-47-27-24-34(25-28-47)31-53-43(51)44(52,35-12-6-3-7-13-35)36-14-8-4-9-15-36/h3,6-7,12-13,16-23,34,36,40,45,48-49,52H,1-2,4-5,8-11,14-15,24-31H2,(H,46,50)/t40-,44?/m0/s1. The number of carbonyl (C=O) groups excluding carboxylic acids is 1. The summed E-state index contributed by atoms with van der Waals surface area (Å²) in [5.41, 5.74) is 2.50. The highest BCUT2D eigenvalue weighted by Gasteiger charge is 2.47. The molecule has 1 aliphatic heterocycles. The molecule has 0 bridgehead atoms. The number of aromatic nitrogens is 1. The van der Waals surface area contributed by atoms with E-state index in [-0.39, 0.29) is 17.2 Å². The third kappa shape index (κ3) is 10.1. The molecular formula is C44H57N3O6. The number of nitrogens with one attached hydrogen (secondary N) is 2. The number of rotatable bonds is 17. The Morgan fingerprint density at radius 2 is 1.58 bits per heavy atom. The number of nitrogens with zero attached hydrogens (tertiary/aromatic N) is 1. The summed E-state index contributed by atoms with van der Waals surface area (Å²) >= 11 is 0. The van der Waals surface area contributed by atoms with Gasteiger partial charge in [0, 0.05) is 30.5 Å². The van der Waals surface area contributed by atoms with Crippen molar-refractivity contribution in [2.75, 3.05) is 32.8 Å². The van der Waals surface area contributed by atoms with Crippen LogP contribution in [0.25, 0.3) is 10.9 Å². The number of benzene rings is 3. The number of unbranched alkanes of at least 4 members (excludes halogenated alkanes) is 3. The normalized spacial score (nSPS) is 17.8. The average Bonchev–Trinajstić information content (AvgIpc) is 3.19. The van der Waals surface area contributed by atoms with Crippen molar-refractivity contribution in [3.8, 4) is 5.75 Å². The molecule has 3 aromatic carbocycles. The summed E-state index contributed by atoms with van der Waals surface area (Å²) in [6.45, 7) is 4.45. The van der Waals surface area contributed by atoms with Crippen molar-refractivity contribution in [2.45, 2.75) is 95.3 Å². The molecule has 0 radical (unpaired) electrons. The second-order valence-electron chi connectivity index (χ2n) is 15.3. The molecule has 5 N–H and O–H groups in total. The van der Waals surface area contributed by atoms with Crippen LogP contribution < -0.4 is 10.9 Å².